The van der Waals surface area contributed by atoms with Gasteiger partial charge in [0.05, 0.1) is 13.2 Å². The second kappa shape index (κ2) is 8.18. The number of hydrogen-bond donors (Lipinski definition) is 1. The summed E-state index contributed by atoms with van der Waals surface area (Å²) in [5.41, 5.74) is 2.68. The van der Waals surface area contributed by atoms with Gasteiger partial charge in [-0.2, -0.15) is 0 Å². The Balaban J connectivity index is 1.67. The molecule has 1 fully saturated rings. The molecule has 0 radical (unpaired) electrons. The van der Waals surface area contributed by atoms with Crippen LogP contribution in [0.5, 0.6) is 0 Å². The zero-order valence-electron chi connectivity index (χ0n) is 12.0. The Morgan fingerprint density at radius 1 is 1.16 bits per heavy atom. The van der Waals surface area contributed by atoms with Crippen molar-refractivity contribution < 1.29 is 4.74 Å². The third kappa shape index (κ3) is 5.21. The van der Waals surface area contributed by atoms with Gasteiger partial charge in [0.2, 0.25) is 0 Å². The molecule has 0 unspecified atom stereocenters. The van der Waals surface area contributed by atoms with Crippen molar-refractivity contribution in [1.29, 1.82) is 0 Å². The van der Waals surface area contributed by atoms with Gasteiger partial charge in [-0.05, 0) is 30.5 Å². The summed E-state index contributed by atoms with van der Waals surface area (Å²) in [6.07, 6.45) is 3.74. The molecule has 0 atom stereocenters. The quantitative estimate of drug-likeness (QED) is 0.818. The maximum absolute atomic E-state index is 5.35. The monoisotopic (exact) mass is 262 g/mol. The van der Waals surface area contributed by atoms with Gasteiger partial charge in [0, 0.05) is 31.9 Å². The van der Waals surface area contributed by atoms with Crippen LogP contribution in [0, 0.1) is 0 Å². The van der Waals surface area contributed by atoms with Gasteiger partial charge < -0.3 is 10.1 Å². The first-order valence-corrected chi connectivity index (χ1v) is 7.51. The Labute approximate surface area is 116 Å². The molecule has 0 spiro atoms. The number of nitrogens with zero attached hydrogens (tertiary/aromatic N) is 1. The zero-order valence-corrected chi connectivity index (χ0v) is 12.0. The van der Waals surface area contributed by atoms with Crippen molar-refractivity contribution >= 4 is 5.69 Å². The zero-order chi connectivity index (χ0) is 13.3. The Bertz CT molecular complexity index is 344. The molecule has 3 heteroatoms. The predicted octanol–water partition coefficient (Wildman–Crippen LogP) is 2.77. The number of unbranched alkanes of at least 4 members (excludes halogenated alkanes) is 1. The second-order valence-electron chi connectivity index (χ2n) is 5.18. The molecule has 1 aromatic rings. The molecule has 0 bridgehead atoms. The number of ether oxygens (including phenoxy) is 1. The molecule has 0 saturated carbocycles. The maximum Gasteiger partial charge on any atom is 0.0594 e. The minimum absolute atomic E-state index is 0.881. The maximum atomic E-state index is 5.35. The van der Waals surface area contributed by atoms with Crippen LogP contribution < -0.4 is 5.32 Å². The van der Waals surface area contributed by atoms with Crippen molar-refractivity contribution in [3.05, 3.63) is 29.8 Å². The highest BCUT2D eigenvalue weighted by Gasteiger charge is 2.08. The van der Waals surface area contributed by atoms with Gasteiger partial charge in [-0.25, -0.2) is 0 Å². The van der Waals surface area contributed by atoms with Crippen LogP contribution in [-0.2, 0) is 11.2 Å². The fourth-order valence-corrected chi connectivity index (χ4v) is 2.35. The minimum atomic E-state index is 0.881. The minimum Gasteiger partial charge on any atom is -0.384 e. The van der Waals surface area contributed by atoms with Crippen molar-refractivity contribution in [2.45, 2.75) is 26.2 Å². The van der Waals surface area contributed by atoms with E-state index in [0.29, 0.717) is 0 Å². The number of nitrogens with one attached hydrogen (secondary N) is 1. The average molecular weight is 262 g/mol. The van der Waals surface area contributed by atoms with Crippen LogP contribution in [-0.4, -0.2) is 44.3 Å². The Hall–Kier alpha value is -1.06. The van der Waals surface area contributed by atoms with E-state index in [0.717, 1.165) is 39.4 Å². The van der Waals surface area contributed by atoms with Crippen molar-refractivity contribution in [1.82, 2.24) is 4.90 Å². The third-order valence-corrected chi connectivity index (χ3v) is 3.63. The number of rotatable bonds is 7. The Morgan fingerprint density at radius 2 is 1.89 bits per heavy atom. The molecular formula is C16H26N2O. The van der Waals surface area contributed by atoms with E-state index in [2.05, 4.69) is 41.4 Å². The Kier molecular flexibility index (Phi) is 6.18. The standard InChI is InChI=1S/C16H26N2O/c1-2-3-4-15-5-7-16(8-6-15)17-9-10-18-11-13-19-14-12-18/h5-8,17H,2-4,9-14H2,1H3. The van der Waals surface area contributed by atoms with Crippen LogP contribution in [0.15, 0.2) is 24.3 Å². The van der Waals surface area contributed by atoms with Crippen molar-refractivity contribution in [2.75, 3.05) is 44.7 Å². The van der Waals surface area contributed by atoms with Crippen LogP contribution in [0.2, 0.25) is 0 Å². The molecule has 1 heterocycles. The first kappa shape index (κ1) is 14.4. The number of aryl methyl sites for hydroxylation is 1. The molecule has 0 aromatic heterocycles. The summed E-state index contributed by atoms with van der Waals surface area (Å²) >= 11 is 0. The SMILES string of the molecule is CCCCc1ccc(NCCN2CCOCC2)cc1. The van der Waals surface area contributed by atoms with Crippen molar-refractivity contribution in [3.8, 4) is 0 Å². The highest BCUT2D eigenvalue weighted by molar-refractivity contribution is 5.44. The molecule has 0 aliphatic carbocycles. The normalized spacial score (nSPS) is 16.5. The topological polar surface area (TPSA) is 24.5 Å². The van der Waals surface area contributed by atoms with Gasteiger partial charge in [-0.15, -0.1) is 0 Å². The second-order valence-corrected chi connectivity index (χ2v) is 5.18. The number of benzene rings is 1. The summed E-state index contributed by atoms with van der Waals surface area (Å²) < 4.78 is 5.35. The summed E-state index contributed by atoms with van der Waals surface area (Å²) in [4.78, 5) is 2.45. The summed E-state index contributed by atoms with van der Waals surface area (Å²) in [7, 11) is 0. The molecule has 1 aliphatic heterocycles. The van der Waals surface area contributed by atoms with E-state index in [4.69, 9.17) is 4.74 Å². The van der Waals surface area contributed by atoms with E-state index in [-0.39, 0.29) is 0 Å². The van der Waals surface area contributed by atoms with E-state index in [9.17, 15) is 0 Å². The van der Waals surface area contributed by atoms with E-state index in [1.54, 1.807) is 0 Å². The van der Waals surface area contributed by atoms with Crippen molar-refractivity contribution in [2.24, 2.45) is 0 Å². The Morgan fingerprint density at radius 3 is 2.58 bits per heavy atom. The first-order valence-electron chi connectivity index (χ1n) is 7.51. The number of hydrogen-bond acceptors (Lipinski definition) is 3. The fraction of sp³-hybridized carbons (Fsp3) is 0.625. The van der Waals surface area contributed by atoms with Gasteiger partial charge in [-0.3, -0.25) is 4.90 Å². The summed E-state index contributed by atoms with van der Waals surface area (Å²) in [6.45, 7) is 8.24. The lowest BCUT2D eigenvalue weighted by Gasteiger charge is -2.26. The summed E-state index contributed by atoms with van der Waals surface area (Å²) in [5.74, 6) is 0. The number of morpholine rings is 1. The van der Waals surface area contributed by atoms with E-state index in [1.807, 2.05) is 0 Å². The van der Waals surface area contributed by atoms with Crippen LogP contribution in [0.4, 0.5) is 5.69 Å². The lowest BCUT2D eigenvalue weighted by atomic mass is 10.1. The molecule has 1 saturated heterocycles. The molecule has 3 nitrogen and oxygen atoms in total. The van der Waals surface area contributed by atoms with Gasteiger partial charge in [0.25, 0.3) is 0 Å². The lowest BCUT2D eigenvalue weighted by molar-refractivity contribution is 0.0398. The van der Waals surface area contributed by atoms with Crippen LogP contribution in [0.1, 0.15) is 25.3 Å². The third-order valence-electron chi connectivity index (χ3n) is 3.63. The van der Waals surface area contributed by atoms with Gasteiger partial charge in [0.15, 0.2) is 0 Å². The average Bonchev–Trinajstić information content (AvgIpc) is 2.47. The van der Waals surface area contributed by atoms with Crippen LogP contribution in [0.25, 0.3) is 0 Å². The molecule has 106 valence electrons. The van der Waals surface area contributed by atoms with Gasteiger partial charge in [-0.1, -0.05) is 25.5 Å². The van der Waals surface area contributed by atoms with Crippen LogP contribution in [0.3, 0.4) is 0 Å². The molecule has 1 aromatic carbocycles. The highest BCUT2D eigenvalue weighted by Crippen LogP contribution is 2.11. The molecule has 1 aliphatic rings. The smallest absolute Gasteiger partial charge is 0.0594 e. The van der Waals surface area contributed by atoms with E-state index in [1.165, 1.54) is 30.5 Å². The molecule has 1 N–H and O–H groups in total. The van der Waals surface area contributed by atoms with E-state index < -0.39 is 0 Å². The highest BCUT2D eigenvalue weighted by atomic mass is 16.5. The first-order chi connectivity index (χ1) is 9.38. The number of anilines is 1. The molecule has 19 heavy (non-hydrogen) atoms. The molecule has 0 amide bonds. The van der Waals surface area contributed by atoms with Gasteiger partial charge in [0.1, 0.15) is 0 Å². The molecule has 2 rings (SSSR count). The predicted molar refractivity (Wildman–Crippen MR) is 80.8 cm³/mol. The van der Waals surface area contributed by atoms with Crippen molar-refractivity contribution in [3.63, 3.8) is 0 Å². The largest absolute Gasteiger partial charge is 0.384 e. The van der Waals surface area contributed by atoms with E-state index >= 15 is 0 Å². The molecular weight excluding hydrogens is 236 g/mol. The van der Waals surface area contributed by atoms with Gasteiger partial charge >= 0.3 is 0 Å². The lowest BCUT2D eigenvalue weighted by Crippen LogP contribution is -2.38. The summed E-state index contributed by atoms with van der Waals surface area (Å²) in [5, 5.41) is 3.49. The van der Waals surface area contributed by atoms with Crippen LogP contribution >= 0.6 is 0 Å². The fourth-order valence-electron chi connectivity index (χ4n) is 2.35. The summed E-state index contributed by atoms with van der Waals surface area (Å²) in [6, 6.07) is 8.88.